The Morgan fingerprint density at radius 3 is 2.00 bits per heavy atom. The number of terminal acetylenes is 1. The maximum Gasteiger partial charge on any atom is 0.187 e. The maximum atomic E-state index is 6.67. The number of hydrogen-bond donors (Lipinski definition) is 0. The van der Waals surface area contributed by atoms with E-state index in [2.05, 4.69) is 52.9 Å². The smallest absolute Gasteiger partial charge is 0.187 e. The van der Waals surface area contributed by atoms with Crippen molar-refractivity contribution in [3.05, 3.63) is 11.1 Å². The topological polar surface area (TPSA) is 18.5 Å². The lowest BCUT2D eigenvalue weighted by atomic mass is 9.89. The summed E-state index contributed by atoms with van der Waals surface area (Å²) in [5, 5.41) is 0. The molecule has 1 rings (SSSR count). The van der Waals surface area contributed by atoms with Crippen LogP contribution in [0.1, 0.15) is 59.3 Å². The lowest BCUT2D eigenvalue weighted by molar-refractivity contribution is 0.106. The monoisotopic (exact) mass is 380 g/mol. The molecule has 0 aromatic rings. The van der Waals surface area contributed by atoms with Crippen LogP contribution in [0.2, 0.25) is 38.3 Å². The van der Waals surface area contributed by atoms with Gasteiger partial charge in [-0.3, -0.25) is 0 Å². The third-order valence-electron chi connectivity index (χ3n) is 5.25. The van der Waals surface area contributed by atoms with Crippen molar-refractivity contribution in [2.45, 2.75) is 110 Å². The largest absolute Gasteiger partial charge is 0.414 e. The van der Waals surface area contributed by atoms with Gasteiger partial charge in [-0.1, -0.05) is 45.5 Å². The zero-order valence-electron chi connectivity index (χ0n) is 17.7. The molecule has 1 aliphatic carbocycles. The predicted octanol–water partition coefficient (Wildman–Crippen LogP) is 6.51. The van der Waals surface area contributed by atoms with E-state index in [9.17, 15) is 0 Å². The Bertz CT molecular complexity index is 489. The van der Waals surface area contributed by atoms with E-state index in [4.69, 9.17) is 15.3 Å². The van der Waals surface area contributed by atoms with Gasteiger partial charge in [0, 0.05) is 18.4 Å². The Labute approximate surface area is 159 Å². The van der Waals surface area contributed by atoms with E-state index in [-0.39, 0.29) is 12.2 Å². The zero-order chi connectivity index (χ0) is 19.1. The first-order valence-corrected chi connectivity index (χ1v) is 16.4. The molecule has 2 atom stereocenters. The molecule has 0 saturated heterocycles. The Hall–Kier alpha value is -0.346. The molecule has 0 saturated carbocycles. The van der Waals surface area contributed by atoms with Crippen molar-refractivity contribution in [1.29, 1.82) is 0 Å². The summed E-state index contributed by atoms with van der Waals surface area (Å²) in [5.74, 6) is 2.92. The highest BCUT2D eigenvalue weighted by atomic mass is 28.4. The van der Waals surface area contributed by atoms with Gasteiger partial charge in [-0.2, -0.15) is 0 Å². The van der Waals surface area contributed by atoms with Crippen molar-refractivity contribution >= 4 is 16.6 Å². The fourth-order valence-corrected chi connectivity index (χ4v) is 8.41. The van der Waals surface area contributed by atoms with E-state index in [0.717, 1.165) is 18.4 Å². The van der Waals surface area contributed by atoms with Gasteiger partial charge in [0.2, 0.25) is 0 Å². The van der Waals surface area contributed by atoms with Crippen LogP contribution >= 0.6 is 0 Å². The average molecular weight is 381 g/mol. The molecular weight excluding hydrogens is 340 g/mol. The molecule has 144 valence electrons. The summed E-state index contributed by atoms with van der Waals surface area (Å²) < 4.78 is 13.3. The molecule has 25 heavy (non-hydrogen) atoms. The lowest BCUT2D eigenvalue weighted by Gasteiger charge is -2.39. The van der Waals surface area contributed by atoms with Gasteiger partial charge < -0.3 is 8.85 Å². The molecule has 0 N–H and O–H groups in total. The summed E-state index contributed by atoms with van der Waals surface area (Å²) in [6, 6.07) is 2.46. The molecule has 0 aromatic carbocycles. The van der Waals surface area contributed by atoms with Gasteiger partial charge in [-0.15, -0.1) is 6.42 Å². The number of hydrogen-bond acceptors (Lipinski definition) is 2. The summed E-state index contributed by atoms with van der Waals surface area (Å²) >= 11 is 0. The molecule has 2 nitrogen and oxygen atoms in total. The predicted molar refractivity (Wildman–Crippen MR) is 115 cm³/mol. The summed E-state index contributed by atoms with van der Waals surface area (Å²) in [6.07, 6.45) is 13.1. The molecular formula is C21H40O2Si2. The second kappa shape index (κ2) is 10.1. The van der Waals surface area contributed by atoms with Crippen LogP contribution in [0.15, 0.2) is 11.1 Å². The third-order valence-corrected chi connectivity index (χ3v) is 10.3. The van der Waals surface area contributed by atoms with Gasteiger partial charge in [0.25, 0.3) is 0 Å². The Morgan fingerprint density at radius 2 is 1.52 bits per heavy atom. The van der Waals surface area contributed by atoms with E-state index < -0.39 is 16.6 Å². The molecule has 0 heterocycles. The molecule has 0 amide bonds. The molecule has 0 radical (unpaired) electrons. The summed E-state index contributed by atoms with van der Waals surface area (Å²) in [5.41, 5.74) is 2.38. The molecule has 0 fully saturated rings. The van der Waals surface area contributed by atoms with Crippen LogP contribution in [0.25, 0.3) is 0 Å². The van der Waals surface area contributed by atoms with Gasteiger partial charge in [0.1, 0.15) is 0 Å². The van der Waals surface area contributed by atoms with Gasteiger partial charge in [0.15, 0.2) is 16.6 Å². The molecule has 0 spiro atoms. The average Bonchev–Trinajstić information content (AvgIpc) is 2.53. The summed E-state index contributed by atoms with van der Waals surface area (Å²) in [6.45, 7) is 16.0. The van der Waals surface area contributed by atoms with Crippen LogP contribution < -0.4 is 0 Å². The summed E-state index contributed by atoms with van der Waals surface area (Å²) in [7, 11) is -3.27. The minimum atomic E-state index is -1.65. The van der Waals surface area contributed by atoms with Crippen LogP contribution in [0, 0.1) is 12.3 Å². The Morgan fingerprint density at radius 1 is 1.00 bits per heavy atom. The highest BCUT2D eigenvalue weighted by Crippen LogP contribution is 2.34. The van der Waals surface area contributed by atoms with Crippen LogP contribution in [0.4, 0.5) is 0 Å². The molecule has 0 aromatic heterocycles. The second-order valence-electron chi connectivity index (χ2n) is 8.82. The SMILES string of the molecule is C#CC1=C(C)C(O[Si](C)(C)CCCC)CC(O[Si](C)(C)CCCC)C1. The first-order chi connectivity index (χ1) is 11.6. The summed E-state index contributed by atoms with van der Waals surface area (Å²) in [4.78, 5) is 0. The van der Waals surface area contributed by atoms with E-state index >= 15 is 0 Å². The molecule has 1 aliphatic rings. The highest BCUT2D eigenvalue weighted by Gasteiger charge is 2.35. The van der Waals surface area contributed by atoms with E-state index in [0.29, 0.717) is 0 Å². The van der Waals surface area contributed by atoms with E-state index in [1.54, 1.807) is 0 Å². The Kier molecular flexibility index (Phi) is 9.18. The van der Waals surface area contributed by atoms with Crippen molar-refractivity contribution in [3.8, 4) is 12.3 Å². The zero-order valence-corrected chi connectivity index (χ0v) is 19.7. The van der Waals surface area contributed by atoms with Crippen molar-refractivity contribution in [2.75, 3.05) is 0 Å². The fourth-order valence-electron chi connectivity index (χ4n) is 3.64. The van der Waals surface area contributed by atoms with E-state index in [1.165, 1.54) is 43.3 Å². The molecule has 0 aliphatic heterocycles. The van der Waals surface area contributed by atoms with Crippen LogP contribution in [0.5, 0.6) is 0 Å². The van der Waals surface area contributed by atoms with Crippen molar-refractivity contribution in [1.82, 2.24) is 0 Å². The highest BCUT2D eigenvalue weighted by molar-refractivity contribution is 6.71. The lowest BCUT2D eigenvalue weighted by Crippen LogP contribution is -2.43. The fraction of sp³-hybridized carbons (Fsp3) is 0.810. The first-order valence-electron chi connectivity index (χ1n) is 10.2. The minimum absolute atomic E-state index is 0.152. The second-order valence-corrected chi connectivity index (χ2v) is 17.3. The van der Waals surface area contributed by atoms with Crippen LogP contribution in [-0.4, -0.2) is 28.8 Å². The quantitative estimate of drug-likeness (QED) is 0.317. The van der Waals surface area contributed by atoms with Gasteiger partial charge >= 0.3 is 0 Å². The van der Waals surface area contributed by atoms with Crippen molar-refractivity contribution in [3.63, 3.8) is 0 Å². The van der Waals surface area contributed by atoms with E-state index in [1.807, 2.05) is 0 Å². The normalized spacial score (nSPS) is 22.2. The molecule has 4 heteroatoms. The minimum Gasteiger partial charge on any atom is -0.414 e. The molecule has 2 unspecified atom stereocenters. The number of unbranched alkanes of at least 4 members (excludes halogenated alkanes) is 2. The van der Waals surface area contributed by atoms with Crippen molar-refractivity contribution < 1.29 is 8.85 Å². The molecule has 0 bridgehead atoms. The number of rotatable bonds is 10. The standard InChI is InChI=1S/C21H40O2Si2/c1-9-12-14-24(5,6)22-20-16-19(11-3)18(4)21(17-20)23-25(7,8)15-13-10-2/h3,20-21H,9-10,12-17H2,1-2,4-8H3. The maximum absolute atomic E-state index is 6.67. The Balaban J connectivity index is 2.83. The van der Waals surface area contributed by atoms with Crippen LogP contribution in [0.3, 0.4) is 0 Å². The first kappa shape index (κ1) is 22.7. The van der Waals surface area contributed by atoms with Gasteiger partial charge in [-0.25, -0.2) is 0 Å². The van der Waals surface area contributed by atoms with Crippen LogP contribution in [-0.2, 0) is 8.85 Å². The van der Waals surface area contributed by atoms with Gasteiger partial charge in [0.05, 0.1) is 12.2 Å². The van der Waals surface area contributed by atoms with Crippen molar-refractivity contribution in [2.24, 2.45) is 0 Å². The van der Waals surface area contributed by atoms with Gasteiger partial charge in [-0.05, 0) is 50.8 Å². The third kappa shape index (κ3) is 7.82.